The van der Waals surface area contributed by atoms with Crippen LogP contribution in [0.3, 0.4) is 0 Å². The van der Waals surface area contributed by atoms with Crippen molar-refractivity contribution in [2.75, 3.05) is 5.75 Å². The molecule has 0 aromatic carbocycles. The van der Waals surface area contributed by atoms with Crippen molar-refractivity contribution in [1.29, 1.82) is 5.41 Å². The monoisotopic (exact) mass is 130 g/mol. The normalized spacial score (nSPS) is 20.5. The fraction of sp³-hybridized carbons (Fsp3) is 0.500. The molecule has 1 amide bonds. The van der Waals surface area contributed by atoms with Crippen LogP contribution in [0.15, 0.2) is 0 Å². The van der Waals surface area contributed by atoms with Crippen molar-refractivity contribution in [2.45, 2.75) is 6.42 Å². The number of amides is 1. The number of carbonyl (C=O) groups is 1. The summed E-state index contributed by atoms with van der Waals surface area (Å²) in [5.41, 5.74) is 0.513. The van der Waals surface area contributed by atoms with Crippen LogP contribution in [0.2, 0.25) is 0 Å². The average Bonchev–Trinajstić information content (AvgIpc) is 1.64. The highest BCUT2D eigenvalue weighted by Crippen LogP contribution is 2.03. The molecule has 0 radical (unpaired) electrons. The summed E-state index contributed by atoms with van der Waals surface area (Å²) in [6.45, 7) is 0. The molecule has 0 spiro atoms. The minimum absolute atomic E-state index is 0.0498. The summed E-state index contributed by atoms with van der Waals surface area (Å²) in [6.07, 6.45) is 0.285. The van der Waals surface area contributed by atoms with Gasteiger partial charge in [-0.1, -0.05) is 0 Å². The summed E-state index contributed by atoms with van der Waals surface area (Å²) in [5.74, 6) is 0.595. The Morgan fingerprint density at radius 2 is 2.50 bits per heavy atom. The zero-order valence-electron chi connectivity index (χ0n) is 4.23. The van der Waals surface area contributed by atoms with Gasteiger partial charge >= 0.3 is 0 Å². The van der Waals surface area contributed by atoms with Crippen LogP contribution < -0.4 is 4.72 Å². The molecule has 8 heavy (non-hydrogen) atoms. The molecule has 1 rings (SSSR count). The predicted molar refractivity (Wildman–Crippen MR) is 32.9 cm³/mol. The van der Waals surface area contributed by atoms with E-state index in [1.807, 2.05) is 0 Å². The van der Waals surface area contributed by atoms with Gasteiger partial charge in [-0.25, -0.2) is 0 Å². The number of carbonyl (C=O) groups excluding carboxylic acids is 1. The van der Waals surface area contributed by atoms with E-state index in [1.165, 1.54) is 11.9 Å². The number of hydrogen-bond donors (Lipinski definition) is 2. The first-order chi connectivity index (χ1) is 3.79. The Hall–Kier alpha value is -0.510. The summed E-state index contributed by atoms with van der Waals surface area (Å²) in [7, 11) is 0. The minimum Gasteiger partial charge on any atom is -0.308 e. The SMILES string of the molecule is N=C1CSNC(=O)C1. The van der Waals surface area contributed by atoms with Crippen LogP contribution in [0.25, 0.3) is 0 Å². The van der Waals surface area contributed by atoms with E-state index in [9.17, 15) is 4.79 Å². The first kappa shape index (κ1) is 5.62. The lowest BCUT2D eigenvalue weighted by Gasteiger charge is -2.09. The van der Waals surface area contributed by atoms with Gasteiger partial charge in [-0.15, -0.1) is 0 Å². The highest BCUT2D eigenvalue weighted by molar-refractivity contribution is 7.98. The molecule has 0 atom stereocenters. The molecule has 1 aliphatic heterocycles. The first-order valence-electron chi connectivity index (χ1n) is 2.26. The maximum atomic E-state index is 10.4. The second-order valence-electron chi connectivity index (χ2n) is 1.59. The maximum Gasteiger partial charge on any atom is 0.235 e. The van der Waals surface area contributed by atoms with Crippen molar-refractivity contribution < 1.29 is 4.79 Å². The molecule has 0 aromatic heterocycles. The van der Waals surface area contributed by atoms with Crippen LogP contribution in [0, 0.1) is 5.41 Å². The van der Waals surface area contributed by atoms with E-state index in [0.29, 0.717) is 11.5 Å². The number of rotatable bonds is 0. The van der Waals surface area contributed by atoms with Crippen LogP contribution in [-0.2, 0) is 4.79 Å². The zero-order chi connectivity index (χ0) is 5.98. The van der Waals surface area contributed by atoms with Crippen LogP contribution in [0.4, 0.5) is 0 Å². The third-order valence-electron chi connectivity index (χ3n) is 0.806. The van der Waals surface area contributed by atoms with Crippen molar-refractivity contribution in [3.63, 3.8) is 0 Å². The quantitative estimate of drug-likeness (QED) is 0.459. The molecule has 1 fully saturated rings. The van der Waals surface area contributed by atoms with Crippen LogP contribution >= 0.6 is 11.9 Å². The van der Waals surface area contributed by atoms with Crippen molar-refractivity contribution in [1.82, 2.24) is 4.72 Å². The molecule has 0 aliphatic carbocycles. The molecule has 0 saturated carbocycles. The van der Waals surface area contributed by atoms with Gasteiger partial charge in [0.25, 0.3) is 0 Å². The number of nitrogens with one attached hydrogen (secondary N) is 2. The minimum atomic E-state index is -0.0498. The lowest BCUT2D eigenvalue weighted by molar-refractivity contribution is -0.118. The summed E-state index contributed by atoms with van der Waals surface area (Å²) < 4.78 is 2.55. The van der Waals surface area contributed by atoms with E-state index in [4.69, 9.17) is 5.41 Å². The van der Waals surface area contributed by atoms with Crippen molar-refractivity contribution in [3.05, 3.63) is 0 Å². The van der Waals surface area contributed by atoms with Gasteiger partial charge in [0.1, 0.15) is 0 Å². The Labute approximate surface area is 51.5 Å². The third kappa shape index (κ3) is 1.23. The summed E-state index contributed by atoms with van der Waals surface area (Å²) >= 11 is 1.29. The van der Waals surface area contributed by atoms with Gasteiger partial charge in [-0.2, -0.15) is 0 Å². The lowest BCUT2D eigenvalue weighted by atomic mass is 10.3. The highest BCUT2D eigenvalue weighted by atomic mass is 32.2. The highest BCUT2D eigenvalue weighted by Gasteiger charge is 2.11. The van der Waals surface area contributed by atoms with Gasteiger partial charge in [-0.05, 0) is 11.9 Å². The van der Waals surface area contributed by atoms with E-state index in [-0.39, 0.29) is 12.3 Å². The Bertz CT molecular complexity index is 120. The molecule has 4 heteroatoms. The van der Waals surface area contributed by atoms with Gasteiger partial charge in [0.05, 0.1) is 12.2 Å². The molecule has 0 bridgehead atoms. The molecule has 1 aliphatic rings. The van der Waals surface area contributed by atoms with E-state index in [2.05, 4.69) is 4.72 Å². The van der Waals surface area contributed by atoms with Crippen molar-refractivity contribution >= 4 is 23.6 Å². The molecular weight excluding hydrogens is 124 g/mol. The van der Waals surface area contributed by atoms with Crippen LogP contribution in [0.5, 0.6) is 0 Å². The smallest absolute Gasteiger partial charge is 0.235 e. The topological polar surface area (TPSA) is 53.0 Å². The lowest BCUT2D eigenvalue weighted by Crippen LogP contribution is -2.27. The Morgan fingerprint density at radius 3 is 2.88 bits per heavy atom. The van der Waals surface area contributed by atoms with Gasteiger partial charge in [0.15, 0.2) is 0 Å². The molecule has 3 nitrogen and oxygen atoms in total. The fourth-order valence-electron chi connectivity index (χ4n) is 0.485. The van der Waals surface area contributed by atoms with E-state index in [0.717, 1.165) is 0 Å². The van der Waals surface area contributed by atoms with Gasteiger partial charge in [0.2, 0.25) is 5.91 Å². The largest absolute Gasteiger partial charge is 0.308 e. The van der Waals surface area contributed by atoms with E-state index >= 15 is 0 Å². The van der Waals surface area contributed by atoms with Crippen LogP contribution in [-0.4, -0.2) is 17.4 Å². The predicted octanol–water partition coefficient (Wildman–Crippen LogP) is 0.174. The Kier molecular flexibility index (Phi) is 1.53. The summed E-state index contributed by atoms with van der Waals surface area (Å²) in [4.78, 5) is 10.4. The zero-order valence-corrected chi connectivity index (χ0v) is 5.05. The van der Waals surface area contributed by atoms with Gasteiger partial charge in [-0.3, -0.25) is 9.52 Å². The molecular formula is C4H6N2OS. The second kappa shape index (κ2) is 2.17. The average molecular weight is 130 g/mol. The van der Waals surface area contributed by atoms with Crippen LogP contribution in [0.1, 0.15) is 6.42 Å². The third-order valence-corrected chi connectivity index (χ3v) is 1.67. The van der Waals surface area contributed by atoms with Gasteiger partial charge in [0, 0.05) is 5.71 Å². The standard InChI is InChI=1S/C4H6N2OS/c5-3-1-4(7)6-8-2-3/h5H,1-2H2,(H,6,7). The molecule has 1 saturated heterocycles. The second-order valence-corrected chi connectivity index (χ2v) is 2.38. The molecule has 0 aromatic rings. The molecule has 1 heterocycles. The van der Waals surface area contributed by atoms with Crippen molar-refractivity contribution in [3.8, 4) is 0 Å². The Balaban J connectivity index is 2.45. The summed E-state index contributed by atoms with van der Waals surface area (Å²) in [6, 6.07) is 0. The molecule has 0 unspecified atom stereocenters. The first-order valence-corrected chi connectivity index (χ1v) is 3.24. The molecule has 44 valence electrons. The Morgan fingerprint density at radius 1 is 1.75 bits per heavy atom. The molecule has 2 N–H and O–H groups in total. The van der Waals surface area contributed by atoms with Gasteiger partial charge < -0.3 is 5.41 Å². The van der Waals surface area contributed by atoms with Crippen molar-refractivity contribution in [2.24, 2.45) is 0 Å². The van der Waals surface area contributed by atoms with E-state index in [1.54, 1.807) is 0 Å². The number of hydrogen-bond acceptors (Lipinski definition) is 3. The fourth-order valence-corrected chi connectivity index (χ4v) is 1.07. The maximum absolute atomic E-state index is 10.4. The van der Waals surface area contributed by atoms with E-state index < -0.39 is 0 Å². The summed E-state index contributed by atoms with van der Waals surface area (Å²) in [5, 5.41) is 7.04.